The van der Waals surface area contributed by atoms with E-state index in [-0.39, 0.29) is 5.91 Å². The molecule has 0 radical (unpaired) electrons. The first-order chi connectivity index (χ1) is 4.83. The van der Waals surface area contributed by atoms with Crippen molar-refractivity contribution in [2.24, 2.45) is 5.92 Å². The fraction of sp³-hybridized carbons (Fsp3) is 0.857. The molecule has 10 heavy (non-hydrogen) atoms. The normalized spacial score (nSPS) is 24.9. The molecule has 1 unspecified atom stereocenters. The molecule has 58 valence electrons. The molecule has 3 heteroatoms. The summed E-state index contributed by atoms with van der Waals surface area (Å²) in [5.74, 6) is 0.718. The lowest BCUT2D eigenvalue weighted by Gasteiger charge is -2.05. The van der Waals surface area contributed by atoms with Gasteiger partial charge < -0.3 is 10.6 Å². The zero-order chi connectivity index (χ0) is 7.40. The maximum absolute atomic E-state index is 10.7. The molecule has 0 aromatic rings. The van der Waals surface area contributed by atoms with Crippen LogP contribution >= 0.6 is 0 Å². The molecule has 2 N–H and O–H groups in total. The van der Waals surface area contributed by atoms with E-state index in [0.717, 1.165) is 19.6 Å². The summed E-state index contributed by atoms with van der Waals surface area (Å²) in [6.07, 6.45) is 0.701. The average molecular weight is 142 g/mol. The van der Waals surface area contributed by atoms with E-state index in [1.807, 2.05) is 0 Å². The van der Waals surface area contributed by atoms with Gasteiger partial charge in [-0.3, -0.25) is 4.79 Å². The van der Waals surface area contributed by atoms with E-state index >= 15 is 0 Å². The van der Waals surface area contributed by atoms with Crippen LogP contribution in [0.25, 0.3) is 0 Å². The highest BCUT2D eigenvalue weighted by Crippen LogP contribution is 2.06. The van der Waals surface area contributed by atoms with Gasteiger partial charge >= 0.3 is 0 Å². The van der Waals surface area contributed by atoms with Gasteiger partial charge in [0, 0.05) is 19.5 Å². The van der Waals surface area contributed by atoms with E-state index < -0.39 is 0 Å². The van der Waals surface area contributed by atoms with Crippen molar-refractivity contribution >= 4 is 5.91 Å². The van der Waals surface area contributed by atoms with Crippen LogP contribution in [0, 0.1) is 5.92 Å². The number of nitrogens with one attached hydrogen (secondary N) is 2. The lowest BCUT2D eigenvalue weighted by Crippen LogP contribution is -2.23. The van der Waals surface area contributed by atoms with Gasteiger partial charge in [-0.2, -0.15) is 0 Å². The molecule has 0 saturated carbocycles. The molecule has 1 atom stereocenters. The van der Waals surface area contributed by atoms with Crippen LogP contribution in [0.15, 0.2) is 0 Å². The SMILES string of the molecule is CCNCC1CNC(=O)C1. The Morgan fingerprint density at radius 2 is 2.60 bits per heavy atom. The Balaban J connectivity index is 2.12. The predicted molar refractivity (Wildman–Crippen MR) is 39.7 cm³/mol. The fourth-order valence-corrected chi connectivity index (χ4v) is 1.16. The van der Waals surface area contributed by atoms with Gasteiger partial charge in [-0.15, -0.1) is 0 Å². The van der Waals surface area contributed by atoms with Gasteiger partial charge in [0.25, 0.3) is 0 Å². The van der Waals surface area contributed by atoms with Crippen molar-refractivity contribution in [1.29, 1.82) is 0 Å². The molecule has 1 saturated heterocycles. The number of hydrogen-bond acceptors (Lipinski definition) is 2. The van der Waals surface area contributed by atoms with Crippen molar-refractivity contribution in [3.05, 3.63) is 0 Å². The Morgan fingerprint density at radius 3 is 3.10 bits per heavy atom. The van der Waals surface area contributed by atoms with Crippen LogP contribution in [0.2, 0.25) is 0 Å². The summed E-state index contributed by atoms with van der Waals surface area (Å²) >= 11 is 0. The Kier molecular flexibility index (Phi) is 2.68. The largest absolute Gasteiger partial charge is 0.356 e. The van der Waals surface area contributed by atoms with E-state index in [0.29, 0.717) is 12.3 Å². The third-order valence-corrected chi connectivity index (χ3v) is 1.74. The summed E-state index contributed by atoms with van der Waals surface area (Å²) in [6.45, 7) is 4.88. The summed E-state index contributed by atoms with van der Waals surface area (Å²) in [4.78, 5) is 10.7. The maximum atomic E-state index is 10.7. The van der Waals surface area contributed by atoms with E-state index in [1.54, 1.807) is 0 Å². The third kappa shape index (κ3) is 1.99. The van der Waals surface area contributed by atoms with Gasteiger partial charge in [0.1, 0.15) is 0 Å². The van der Waals surface area contributed by atoms with Crippen molar-refractivity contribution in [2.75, 3.05) is 19.6 Å². The fourth-order valence-electron chi connectivity index (χ4n) is 1.16. The number of carbonyl (C=O) groups excluding carboxylic acids is 1. The predicted octanol–water partition coefficient (Wildman–Crippen LogP) is -0.268. The topological polar surface area (TPSA) is 41.1 Å². The number of amides is 1. The van der Waals surface area contributed by atoms with Crippen LogP contribution in [0.1, 0.15) is 13.3 Å². The van der Waals surface area contributed by atoms with Gasteiger partial charge in [0.2, 0.25) is 5.91 Å². The first-order valence-corrected chi connectivity index (χ1v) is 3.80. The Labute approximate surface area is 61.2 Å². The van der Waals surface area contributed by atoms with Crippen LogP contribution in [0.3, 0.4) is 0 Å². The minimum Gasteiger partial charge on any atom is -0.356 e. The summed E-state index contributed by atoms with van der Waals surface area (Å²) < 4.78 is 0. The molecule has 1 amide bonds. The molecule has 0 aromatic heterocycles. The molecular formula is C7H14N2O. The van der Waals surface area contributed by atoms with Gasteiger partial charge in [0.15, 0.2) is 0 Å². The summed E-state index contributed by atoms with van der Waals surface area (Å²) in [6, 6.07) is 0. The third-order valence-electron chi connectivity index (χ3n) is 1.74. The first-order valence-electron chi connectivity index (χ1n) is 3.80. The van der Waals surface area contributed by atoms with E-state index in [2.05, 4.69) is 17.6 Å². The van der Waals surface area contributed by atoms with Crippen LogP contribution in [0.5, 0.6) is 0 Å². The van der Waals surface area contributed by atoms with E-state index in [4.69, 9.17) is 0 Å². The standard InChI is InChI=1S/C7H14N2O/c1-2-8-4-6-3-7(10)9-5-6/h6,8H,2-5H2,1H3,(H,9,10). The summed E-state index contributed by atoms with van der Waals surface area (Å²) in [5, 5.41) is 6.02. The molecule has 1 fully saturated rings. The highest BCUT2D eigenvalue weighted by molar-refractivity contribution is 5.78. The van der Waals surface area contributed by atoms with E-state index in [1.165, 1.54) is 0 Å². The highest BCUT2D eigenvalue weighted by atomic mass is 16.1. The minimum atomic E-state index is 0.197. The van der Waals surface area contributed by atoms with Crippen molar-refractivity contribution in [2.45, 2.75) is 13.3 Å². The lowest BCUT2D eigenvalue weighted by molar-refractivity contribution is -0.119. The van der Waals surface area contributed by atoms with Crippen LogP contribution in [-0.4, -0.2) is 25.5 Å². The first kappa shape index (κ1) is 7.54. The van der Waals surface area contributed by atoms with Crippen LogP contribution in [-0.2, 0) is 4.79 Å². The number of carbonyl (C=O) groups is 1. The maximum Gasteiger partial charge on any atom is 0.220 e. The lowest BCUT2D eigenvalue weighted by atomic mass is 10.1. The molecule has 0 bridgehead atoms. The zero-order valence-corrected chi connectivity index (χ0v) is 6.31. The van der Waals surface area contributed by atoms with Crippen molar-refractivity contribution in [3.8, 4) is 0 Å². The van der Waals surface area contributed by atoms with Crippen LogP contribution in [0.4, 0.5) is 0 Å². The van der Waals surface area contributed by atoms with Crippen molar-refractivity contribution in [3.63, 3.8) is 0 Å². The van der Waals surface area contributed by atoms with Gasteiger partial charge in [-0.1, -0.05) is 6.92 Å². The molecule has 0 spiro atoms. The minimum absolute atomic E-state index is 0.197. The highest BCUT2D eigenvalue weighted by Gasteiger charge is 2.19. The van der Waals surface area contributed by atoms with Crippen molar-refractivity contribution < 1.29 is 4.79 Å². The Morgan fingerprint density at radius 1 is 1.80 bits per heavy atom. The molecule has 1 heterocycles. The molecule has 0 aromatic carbocycles. The molecule has 1 aliphatic rings. The smallest absolute Gasteiger partial charge is 0.220 e. The molecule has 0 aliphatic carbocycles. The Bertz CT molecular complexity index is 125. The molecule has 1 rings (SSSR count). The van der Waals surface area contributed by atoms with Crippen molar-refractivity contribution in [1.82, 2.24) is 10.6 Å². The number of rotatable bonds is 3. The Hall–Kier alpha value is -0.570. The summed E-state index contributed by atoms with van der Waals surface area (Å²) in [7, 11) is 0. The monoisotopic (exact) mass is 142 g/mol. The molecule has 3 nitrogen and oxygen atoms in total. The quantitative estimate of drug-likeness (QED) is 0.569. The summed E-state index contributed by atoms with van der Waals surface area (Å²) in [5.41, 5.74) is 0. The average Bonchev–Trinajstić information content (AvgIpc) is 2.31. The number of hydrogen-bond donors (Lipinski definition) is 2. The van der Waals surface area contributed by atoms with Crippen LogP contribution < -0.4 is 10.6 Å². The second-order valence-corrected chi connectivity index (χ2v) is 2.68. The van der Waals surface area contributed by atoms with Gasteiger partial charge in [-0.25, -0.2) is 0 Å². The second-order valence-electron chi connectivity index (χ2n) is 2.68. The van der Waals surface area contributed by atoms with Gasteiger partial charge in [0.05, 0.1) is 0 Å². The van der Waals surface area contributed by atoms with Gasteiger partial charge in [-0.05, 0) is 12.5 Å². The zero-order valence-electron chi connectivity index (χ0n) is 6.31. The van der Waals surface area contributed by atoms with E-state index in [9.17, 15) is 4.79 Å². The molecule has 1 aliphatic heterocycles. The molecular weight excluding hydrogens is 128 g/mol. The second kappa shape index (κ2) is 3.56.